The molecule has 4 N–H and O–H groups in total. The van der Waals surface area contributed by atoms with Gasteiger partial charge in [0.25, 0.3) is 0 Å². The first-order chi connectivity index (χ1) is 5.75. The Kier molecular flexibility index (Phi) is 3.49. The molecular weight excluding hydrogens is 154 g/mol. The third-order valence-corrected chi connectivity index (χ3v) is 2.44. The molecule has 0 spiro atoms. The molecule has 1 heterocycles. The van der Waals surface area contributed by atoms with E-state index in [0.717, 1.165) is 25.9 Å². The Labute approximate surface area is 72.9 Å². The van der Waals surface area contributed by atoms with Gasteiger partial charge in [-0.2, -0.15) is 0 Å². The van der Waals surface area contributed by atoms with E-state index in [-0.39, 0.29) is 11.9 Å². The number of hydrogen-bond donors (Lipinski definition) is 3. The van der Waals surface area contributed by atoms with Gasteiger partial charge in [0.05, 0.1) is 6.04 Å². The molecule has 1 fully saturated rings. The van der Waals surface area contributed by atoms with Crippen LogP contribution in [0.4, 0.5) is 0 Å². The van der Waals surface area contributed by atoms with E-state index in [4.69, 9.17) is 5.73 Å². The molecule has 0 aromatic heterocycles. The average molecular weight is 171 g/mol. The maximum absolute atomic E-state index is 11.2. The van der Waals surface area contributed by atoms with Crippen LogP contribution in [0.3, 0.4) is 0 Å². The predicted molar refractivity (Wildman–Crippen MR) is 47.6 cm³/mol. The monoisotopic (exact) mass is 171 g/mol. The van der Waals surface area contributed by atoms with E-state index in [1.54, 1.807) is 7.05 Å². The average Bonchev–Trinajstić information content (AvgIpc) is 2.17. The van der Waals surface area contributed by atoms with Gasteiger partial charge in [0.1, 0.15) is 0 Å². The summed E-state index contributed by atoms with van der Waals surface area (Å²) in [7, 11) is 1.63. The summed E-state index contributed by atoms with van der Waals surface area (Å²) < 4.78 is 0. The Morgan fingerprint density at radius 2 is 2.17 bits per heavy atom. The molecule has 0 aromatic carbocycles. The zero-order valence-electron chi connectivity index (χ0n) is 7.47. The zero-order valence-corrected chi connectivity index (χ0v) is 7.47. The van der Waals surface area contributed by atoms with Gasteiger partial charge in [-0.05, 0) is 31.8 Å². The molecule has 70 valence electrons. The molecule has 0 aromatic rings. The maximum Gasteiger partial charge on any atom is 0.236 e. The minimum absolute atomic E-state index is 0.0399. The van der Waals surface area contributed by atoms with Crippen LogP contribution in [0.2, 0.25) is 0 Å². The molecular formula is C8H17N3O. The Balaban J connectivity index is 2.39. The summed E-state index contributed by atoms with van der Waals surface area (Å²) in [6, 6.07) is -0.322. The predicted octanol–water partition coefficient (Wildman–Crippen LogP) is -0.941. The van der Waals surface area contributed by atoms with Gasteiger partial charge in [0.15, 0.2) is 0 Å². The van der Waals surface area contributed by atoms with Crippen LogP contribution in [0.5, 0.6) is 0 Å². The van der Waals surface area contributed by atoms with Gasteiger partial charge >= 0.3 is 0 Å². The van der Waals surface area contributed by atoms with E-state index >= 15 is 0 Å². The molecule has 12 heavy (non-hydrogen) atoms. The van der Waals surface area contributed by atoms with Crippen LogP contribution in [-0.2, 0) is 4.79 Å². The minimum atomic E-state index is -0.322. The number of likely N-dealkylation sites (N-methyl/N-ethyl adjacent to an activating group) is 1. The topological polar surface area (TPSA) is 67.2 Å². The van der Waals surface area contributed by atoms with Crippen molar-refractivity contribution in [3.05, 3.63) is 0 Å². The van der Waals surface area contributed by atoms with Gasteiger partial charge in [-0.1, -0.05) is 0 Å². The van der Waals surface area contributed by atoms with Gasteiger partial charge in [0, 0.05) is 7.05 Å². The summed E-state index contributed by atoms with van der Waals surface area (Å²) in [5.41, 5.74) is 5.76. The van der Waals surface area contributed by atoms with Crippen molar-refractivity contribution in [1.82, 2.24) is 10.6 Å². The van der Waals surface area contributed by atoms with Crippen molar-refractivity contribution in [2.24, 2.45) is 11.7 Å². The third kappa shape index (κ3) is 2.19. The maximum atomic E-state index is 11.2. The molecule has 4 nitrogen and oxygen atoms in total. The lowest BCUT2D eigenvalue weighted by molar-refractivity contribution is -0.123. The van der Waals surface area contributed by atoms with Crippen LogP contribution >= 0.6 is 0 Å². The number of rotatable bonds is 2. The fourth-order valence-electron chi connectivity index (χ4n) is 1.58. The first-order valence-corrected chi connectivity index (χ1v) is 4.43. The van der Waals surface area contributed by atoms with E-state index in [9.17, 15) is 4.79 Å². The molecule has 1 amide bonds. The van der Waals surface area contributed by atoms with Crippen molar-refractivity contribution < 1.29 is 4.79 Å². The third-order valence-electron chi connectivity index (χ3n) is 2.44. The van der Waals surface area contributed by atoms with Gasteiger partial charge in [-0.15, -0.1) is 0 Å². The van der Waals surface area contributed by atoms with Crippen molar-refractivity contribution in [3.63, 3.8) is 0 Å². The van der Waals surface area contributed by atoms with Crippen molar-refractivity contribution in [1.29, 1.82) is 0 Å². The lowest BCUT2D eigenvalue weighted by Crippen LogP contribution is -2.47. The van der Waals surface area contributed by atoms with Gasteiger partial charge < -0.3 is 16.4 Å². The van der Waals surface area contributed by atoms with Crippen LogP contribution in [0.15, 0.2) is 0 Å². The van der Waals surface area contributed by atoms with E-state index < -0.39 is 0 Å². The van der Waals surface area contributed by atoms with E-state index in [0.29, 0.717) is 5.92 Å². The molecule has 0 bridgehead atoms. The van der Waals surface area contributed by atoms with Crippen molar-refractivity contribution in [2.75, 3.05) is 20.1 Å². The summed E-state index contributed by atoms with van der Waals surface area (Å²) in [4.78, 5) is 11.2. The molecule has 1 aliphatic heterocycles. The summed E-state index contributed by atoms with van der Waals surface area (Å²) in [6.45, 7) is 1.96. The standard InChI is InChI=1S/C8H17N3O/c1-10-8(12)7(9)6-2-4-11-5-3-6/h6-7,11H,2-5,9H2,1H3,(H,10,12)/t7-/m0/s1. The molecule has 1 atom stereocenters. The van der Waals surface area contributed by atoms with Gasteiger partial charge in [-0.25, -0.2) is 0 Å². The number of carbonyl (C=O) groups excluding carboxylic acids is 1. The second-order valence-electron chi connectivity index (χ2n) is 3.23. The largest absolute Gasteiger partial charge is 0.358 e. The fourth-order valence-corrected chi connectivity index (χ4v) is 1.58. The Morgan fingerprint density at radius 3 is 2.67 bits per heavy atom. The Morgan fingerprint density at radius 1 is 1.58 bits per heavy atom. The first kappa shape index (κ1) is 9.48. The molecule has 4 heteroatoms. The molecule has 0 saturated carbocycles. The Bertz CT molecular complexity index is 154. The second-order valence-corrected chi connectivity index (χ2v) is 3.23. The number of piperidine rings is 1. The molecule has 0 unspecified atom stereocenters. The minimum Gasteiger partial charge on any atom is -0.358 e. The fraction of sp³-hybridized carbons (Fsp3) is 0.875. The van der Waals surface area contributed by atoms with Gasteiger partial charge in [0.2, 0.25) is 5.91 Å². The van der Waals surface area contributed by atoms with Crippen LogP contribution in [0.25, 0.3) is 0 Å². The van der Waals surface area contributed by atoms with Crippen LogP contribution < -0.4 is 16.4 Å². The summed E-state index contributed by atoms with van der Waals surface area (Å²) in [5.74, 6) is 0.313. The summed E-state index contributed by atoms with van der Waals surface area (Å²) in [5, 5.41) is 5.82. The summed E-state index contributed by atoms with van der Waals surface area (Å²) >= 11 is 0. The molecule has 1 rings (SSSR count). The van der Waals surface area contributed by atoms with E-state index in [1.807, 2.05) is 0 Å². The first-order valence-electron chi connectivity index (χ1n) is 4.43. The van der Waals surface area contributed by atoms with Crippen LogP contribution in [0.1, 0.15) is 12.8 Å². The van der Waals surface area contributed by atoms with Crippen molar-refractivity contribution in [3.8, 4) is 0 Å². The van der Waals surface area contributed by atoms with Crippen molar-refractivity contribution >= 4 is 5.91 Å². The van der Waals surface area contributed by atoms with Crippen molar-refractivity contribution in [2.45, 2.75) is 18.9 Å². The lowest BCUT2D eigenvalue weighted by Gasteiger charge is -2.26. The summed E-state index contributed by atoms with van der Waals surface area (Å²) in [6.07, 6.45) is 2.02. The van der Waals surface area contributed by atoms with E-state index in [1.165, 1.54) is 0 Å². The zero-order chi connectivity index (χ0) is 8.97. The normalized spacial score (nSPS) is 21.8. The number of nitrogens with one attached hydrogen (secondary N) is 2. The highest BCUT2D eigenvalue weighted by atomic mass is 16.2. The molecule has 0 aliphatic carbocycles. The SMILES string of the molecule is CNC(=O)[C@@H](N)C1CCNCC1. The number of amides is 1. The molecule has 1 saturated heterocycles. The highest BCUT2D eigenvalue weighted by Gasteiger charge is 2.24. The molecule has 1 aliphatic rings. The molecule has 0 radical (unpaired) electrons. The quantitative estimate of drug-likeness (QED) is 0.502. The van der Waals surface area contributed by atoms with E-state index in [2.05, 4.69) is 10.6 Å². The number of carbonyl (C=O) groups is 1. The smallest absolute Gasteiger partial charge is 0.236 e. The highest BCUT2D eigenvalue weighted by Crippen LogP contribution is 2.14. The lowest BCUT2D eigenvalue weighted by atomic mass is 9.90. The Hall–Kier alpha value is -0.610. The van der Waals surface area contributed by atoms with Crippen LogP contribution in [0, 0.1) is 5.92 Å². The second kappa shape index (κ2) is 4.42. The number of hydrogen-bond acceptors (Lipinski definition) is 3. The van der Waals surface area contributed by atoms with Gasteiger partial charge in [-0.3, -0.25) is 4.79 Å². The van der Waals surface area contributed by atoms with Crippen LogP contribution in [-0.4, -0.2) is 32.1 Å². The number of nitrogens with two attached hydrogens (primary N) is 1. The highest BCUT2D eigenvalue weighted by molar-refractivity contribution is 5.81.